The Bertz CT molecular complexity index is 1260. The molecule has 3 aromatic carbocycles. The number of hydrogen-bond donors (Lipinski definition) is 2. The van der Waals surface area contributed by atoms with Crippen molar-refractivity contribution in [3.05, 3.63) is 102 Å². The maximum absolute atomic E-state index is 12.6. The van der Waals surface area contributed by atoms with Crippen LogP contribution in [0.4, 0.5) is 0 Å². The van der Waals surface area contributed by atoms with Crippen molar-refractivity contribution in [2.75, 3.05) is 26.7 Å². The van der Waals surface area contributed by atoms with E-state index < -0.39 is 15.4 Å². The summed E-state index contributed by atoms with van der Waals surface area (Å²) in [5, 5.41) is 0. The number of carbonyl (C=O) groups is 1. The summed E-state index contributed by atoms with van der Waals surface area (Å²) in [5.41, 5.74) is 8.31. The zero-order chi connectivity index (χ0) is 25.6. The number of hydrogen-bond acceptors (Lipinski definition) is 4. The number of piperidine rings is 1. The van der Waals surface area contributed by atoms with Gasteiger partial charge in [0, 0.05) is 0 Å². The first-order valence-electron chi connectivity index (χ1n) is 12.5. The lowest BCUT2D eigenvalue weighted by atomic mass is 9.72. The van der Waals surface area contributed by atoms with E-state index in [9.17, 15) is 13.2 Å². The van der Waals surface area contributed by atoms with Gasteiger partial charge in [-0.25, -0.2) is 13.1 Å². The SMILES string of the molecule is CNS(=O)(=O)c1ccccc1CC(CCN1CCC(C(N)=O)(c2ccccc2)CC1)c1ccccc1. The molecule has 4 rings (SSSR count). The minimum absolute atomic E-state index is 0.163. The van der Waals surface area contributed by atoms with E-state index in [2.05, 4.69) is 21.8 Å². The molecule has 1 aliphatic heterocycles. The molecule has 3 N–H and O–H groups in total. The Labute approximate surface area is 214 Å². The summed E-state index contributed by atoms with van der Waals surface area (Å²) in [6, 6.07) is 27.4. The average molecular weight is 506 g/mol. The molecule has 0 aromatic heterocycles. The van der Waals surface area contributed by atoms with Gasteiger partial charge in [0.05, 0.1) is 10.3 Å². The summed E-state index contributed by atoms with van der Waals surface area (Å²) in [6.07, 6.45) is 2.91. The topological polar surface area (TPSA) is 92.5 Å². The standard InChI is InChI=1S/C29H35N3O3S/c1-31-36(34,35)27-15-9-8-12-25(27)22-24(23-10-4-2-5-11-23)16-19-32-20-17-29(18-21-32,28(30)33)26-13-6-3-7-14-26/h2-15,24,31H,16-22H2,1H3,(H2,30,33). The highest BCUT2D eigenvalue weighted by Gasteiger charge is 2.41. The van der Waals surface area contributed by atoms with Crippen molar-refractivity contribution in [3.63, 3.8) is 0 Å². The Morgan fingerprint density at radius 2 is 1.53 bits per heavy atom. The first-order chi connectivity index (χ1) is 17.4. The van der Waals surface area contributed by atoms with Crippen molar-refractivity contribution < 1.29 is 13.2 Å². The van der Waals surface area contributed by atoms with Crippen LogP contribution in [0, 0.1) is 0 Å². The second-order valence-corrected chi connectivity index (χ2v) is 11.4. The van der Waals surface area contributed by atoms with E-state index >= 15 is 0 Å². The van der Waals surface area contributed by atoms with Gasteiger partial charge in [0.2, 0.25) is 15.9 Å². The van der Waals surface area contributed by atoms with E-state index in [1.807, 2.05) is 60.7 Å². The zero-order valence-electron chi connectivity index (χ0n) is 20.8. The predicted molar refractivity (Wildman–Crippen MR) is 143 cm³/mol. The largest absolute Gasteiger partial charge is 0.369 e. The number of rotatable bonds is 10. The van der Waals surface area contributed by atoms with Gasteiger partial charge in [0.15, 0.2) is 0 Å². The van der Waals surface area contributed by atoms with Gasteiger partial charge in [-0.2, -0.15) is 0 Å². The fourth-order valence-corrected chi connectivity index (χ4v) is 6.33. The molecule has 0 aliphatic carbocycles. The molecule has 36 heavy (non-hydrogen) atoms. The Balaban J connectivity index is 1.49. The molecule has 190 valence electrons. The summed E-state index contributed by atoms with van der Waals surface area (Å²) < 4.78 is 27.7. The minimum Gasteiger partial charge on any atom is -0.369 e. The maximum atomic E-state index is 12.6. The lowest BCUT2D eigenvalue weighted by Crippen LogP contribution is -2.50. The van der Waals surface area contributed by atoms with E-state index in [0.29, 0.717) is 24.2 Å². The molecule has 1 aliphatic rings. The Kier molecular flexibility index (Phi) is 8.24. The van der Waals surface area contributed by atoms with Crippen molar-refractivity contribution in [1.29, 1.82) is 0 Å². The predicted octanol–water partition coefficient (Wildman–Crippen LogP) is 3.83. The molecule has 1 heterocycles. The fraction of sp³-hybridized carbons (Fsp3) is 0.345. The molecule has 0 bridgehead atoms. The number of amides is 1. The van der Waals surface area contributed by atoms with Gasteiger partial charge in [-0.05, 0) is 81.0 Å². The molecular formula is C29H35N3O3S. The van der Waals surface area contributed by atoms with Crippen LogP contribution in [-0.4, -0.2) is 45.9 Å². The normalized spacial score (nSPS) is 16.9. The molecule has 0 saturated carbocycles. The number of likely N-dealkylation sites (tertiary alicyclic amines) is 1. The van der Waals surface area contributed by atoms with Crippen molar-refractivity contribution >= 4 is 15.9 Å². The Hall–Kier alpha value is -3.00. The molecule has 1 amide bonds. The van der Waals surface area contributed by atoms with E-state index in [1.54, 1.807) is 12.1 Å². The smallest absolute Gasteiger partial charge is 0.240 e. The fourth-order valence-electron chi connectivity index (χ4n) is 5.35. The van der Waals surface area contributed by atoms with Crippen LogP contribution in [0.3, 0.4) is 0 Å². The Morgan fingerprint density at radius 1 is 0.944 bits per heavy atom. The summed E-state index contributed by atoms with van der Waals surface area (Å²) >= 11 is 0. The first-order valence-corrected chi connectivity index (χ1v) is 14.0. The molecule has 0 radical (unpaired) electrons. The molecule has 1 saturated heterocycles. The average Bonchev–Trinajstić information content (AvgIpc) is 2.92. The highest BCUT2D eigenvalue weighted by atomic mass is 32.2. The second-order valence-electron chi connectivity index (χ2n) is 9.57. The third-order valence-corrected chi connectivity index (χ3v) is 9.08. The van der Waals surface area contributed by atoms with Crippen LogP contribution in [0.5, 0.6) is 0 Å². The monoisotopic (exact) mass is 505 g/mol. The van der Waals surface area contributed by atoms with Crippen LogP contribution in [0.1, 0.15) is 41.9 Å². The van der Waals surface area contributed by atoms with E-state index in [4.69, 9.17) is 5.73 Å². The first kappa shape index (κ1) is 26.1. The summed E-state index contributed by atoms with van der Waals surface area (Å²) in [4.78, 5) is 15.3. The molecule has 7 heteroatoms. The molecule has 1 fully saturated rings. The molecule has 3 aromatic rings. The van der Waals surface area contributed by atoms with Crippen LogP contribution in [0.2, 0.25) is 0 Å². The van der Waals surface area contributed by atoms with Crippen molar-refractivity contribution in [3.8, 4) is 0 Å². The second kappa shape index (κ2) is 11.4. The maximum Gasteiger partial charge on any atom is 0.240 e. The number of nitrogens with two attached hydrogens (primary N) is 1. The van der Waals surface area contributed by atoms with Crippen molar-refractivity contribution in [1.82, 2.24) is 9.62 Å². The highest BCUT2D eigenvalue weighted by Crippen LogP contribution is 2.36. The van der Waals surface area contributed by atoms with Gasteiger partial charge in [-0.1, -0.05) is 78.9 Å². The van der Waals surface area contributed by atoms with Gasteiger partial charge >= 0.3 is 0 Å². The number of nitrogens with one attached hydrogen (secondary N) is 1. The van der Waals surface area contributed by atoms with Gasteiger partial charge in [-0.15, -0.1) is 0 Å². The third kappa shape index (κ3) is 5.69. The summed E-state index contributed by atoms with van der Waals surface area (Å²) in [6.45, 7) is 2.46. The molecular weight excluding hydrogens is 470 g/mol. The molecule has 6 nitrogen and oxygen atoms in total. The van der Waals surface area contributed by atoms with Crippen LogP contribution in [0.25, 0.3) is 0 Å². The summed E-state index contributed by atoms with van der Waals surface area (Å²) in [7, 11) is -2.10. The third-order valence-electron chi connectivity index (χ3n) is 7.57. The molecule has 1 unspecified atom stereocenters. The number of primary amides is 1. The van der Waals surface area contributed by atoms with Crippen LogP contribution in [0.15, 0.2) is 89.8 Å². The minimum atomic E-state index is -3.54. The van der Waals surface area contributed by atoms with Crippen LogP contribution < -0.4 is 10.5 Å². The van der Waals surface area contributed by atoms with E-state index in [1.165, 1.54) is 12.6 Å². The number of sulfonamides is 1. The van der Waals surface area contributed by atoms with E-state index in [-0.39, 0.29) is 11.8 Å². The quantitative estimate of drug-likeness (QED) is 0.438. The number of nitrogens with zero attached hydrogens (tertiary/aromatic N) is 1. The Morgan fingerprint density at radius 3 is 2.14 bits per heavy atom. The van der Waals surface area contributed by atoms with Crippen LogP contribution in [-0.2, 0) is 26.7 Å². The van der Waals surface area contributed by atoms with Gasteiger partial charge < -0.3 is 10.6 Å². The van der Waals surface area contributed by atoms with Gasteiger partial charge in [-0.3, -0.25) is 4.79 Å². The molecule has 1 atom stereocenters. The van der Waals surface area contributed by atoms with Crippen LogP contribution >= 0.6 is 0 Å². The van der Waals surface area contributed by atoms with Crippen molar-refractivity contribution in [2.45, 2.75) is 41.9 Å². The zero-order valence-corrected chi connectivity index (χ0v) is 21.6. The highest BCUT2D eigenvalue weighted by molar-refractivity contribution is 7.89. The lowest BCUT2D eigenvalue weighted by Gasteiger charge is -2.40. The van der Waals surface area contributed by atoms with E-state index in [0.717, 1.165) is 37.2 Å². The molecule has 0 spiro atoms. The van der Waals surface area contributed by atoms with Gasteiger partial charge in [0.25, 0.3) is 0 Å². The summed E-state index contributed by atoms with van der Waals surface area (Å²) in [5.74, 6) is -0.0887. The van der Waals surface area contributed by atoms with Crippen molar-refractivity contribution in [2.24, 2.45) is 5.73 Å². The number of benzene rings is 3. The van der Waals surface area contributed by atoms with Gasteiger partial charge in [0.1, 0.15) is 0 Å². The number of carbonyl (C=O) groups excluding carboxylic acids is 1. The lowest BCUT2D eigenvalue weighted by molar-refractivity contribution is -0.125.